The van der Waals surface area contributed by atoms with E-state index in [0.717, 1.165) is 33.1 Å². The van der Waals surface area contributed by atoms with Crippen LogP contribution < -0.4 is 26.6 Å². The topological polar surface area (TPSA) is 137 Å². The summed E-state index contributed by atoms with van der Waals surface area (Å²) in [6.45, 7) is 2.64. The molecular formula is C34H36FN5O6. The number of hydrogen-bond donors (Lipinski definition) is 3. The van der Waals surface area contributed by atoms with Gasteiger partial charge in [-0.2, -0.15) is 0 Å². The maximum atomic E-state index is 16.4. The Morgan fingerprint density at radius 2 is 1.85 bits per heavy atom. The molecule has 0 radical (unpaired) electrons. The van der Waals surface area contributed by atoms with Gasteiger partial charge in [-0.15, -0.1) is 0 Å². The van der Waals surface area contributed by atoms with Gasteiger partial charge in [0.2, 0.25) is 5.88 Å². The lowest BCUT2D eigenvalue weighted by Gasteiger charge is -2.31. The van der Waals surface area contributed by atoms with Crippen molar-refractivity contribution in [1.82, 2.24) is 19.4 Å². The highest BCUT2D eigenvalue weighted by molar-refractivity contribution is 6.04. The van der Waals surface area contributed by atoms with Crippen molar-refractivity contribution in [2.45, 2.75) is 44.4 Å². The predicted octanol–water partition coefficient (Wildman–Crippen LogP) is 3.25. The quantitative estimate of drug-likeness (QED) is 0.284. The molecule has 3 heterocycles. The number of ether oxygens (including phenoxy) is 2. The molecule has 0 saturated carbocycles. The molecule has 0 unspecified atom stereocenters. The summed E-state index contributed by atoms with van der Waals surface area (Å²) in [6.07, 6.45) is 2.86. The third-order valence-corrected chi connectivity index (χ3v) is 8.93. The van der Waals surface area contributed by atoms with Crippen LogP contribution in [-0.2, 0) is 25.3 Å². The summed E-state index contributed by atoms with van der Waals surface area (Å²) in [7, 11) is 4.31. The lowest BCUT2D eigenvalue weighted by Crippen LogP contribution is -2.47. The Balaban J connectivity index is 1.31. The Morgan fingerprint density at radius 3 is 2.61 bits per heavy atom. The van der Waals surface area contributed by atoms with Gasteiger partial charge >= 0.3 is 5.69 Å². The van der Waals surface area contributed by atoms with Crippen molar-refractivity contribution in [2.24, 2.45) is 14.1 Å². The number of hydrogen-bond acceptors (Lipinski definition) is 8. The zero-order chi connectivity index (χ0) is 32.7. The molecule has 240 valence electrons. The van der Waals surface area contributed by atoms with Gasteiger partial charge in [-0.25, -0.2) is 14.2 Å². The number of carbonyl (C=O) groups excluding carboxylic acids is 1. The van der Waals surface area contributed by atoms with Crippen molar-refractivity contribution in [2.75, 3.05) is 25.6 Å². The number of aromatic nitrogens is 3. The van der Waals surface area contributed by atoms with Crippen LogP contribution in [0.3, 0.4) is 0 Å². The molecule has 1 aliphatic carbocycles. The van der Waals surface area contributed by atoms with Crippen molar-refractivity contribution in [3.63, 3.8) is 0 Å². The van der Waals surface area contributed by atoms with Gasteiger partial charge in [0.15, 0.2) is 0 Å². The molecule has 2 aromatic carbocycles. The summed E-state index contributed by atoms with van der Waals surface area (Å²) in [4.78, 5) is 42.5. The van der Waals surface area contributed by atoms with E-state index >= 15 is 4.39 Å². The number of amides is 1. The van der Waals surface area contributed by atoms with E-state index in [1.807, 2.05) is 6.07 Å². The molecule has 2 aromatic heterocycles. The number of pyridine rings is 1. The third kappa shape index (κ3) is 5.63. The smallest absolute Gasteiger partial charge is 0.330 e. The fourth-order valence-electron chi connectivity index (χ4n) is 6.40. The number of carbonyl (C=O) groups is 1. The van der Waals surface area contributed by atoms with Crippen molar-refractivity contribution < 1.29 is 23.8 Å². The van der Waals surface area contributed by atoms with Crippen LogP contribution in [0.2, 0.25) is 0 Å². The third-order valence-electron chi connectivity index (χ3n) is 8.93. The molecule has 0 bridgehead atoms. The molecule has 4 aromatic rings. The number of methoxy groups -OCH3 is 1. The second-order valence-electron chi connectivity index (χ2n) is 11.8. The van der Waals surface area contributed by atoms with E-state index in [9.17, 15) is 19.5 Å². The number of rotatable bonds is 7. The maximum Gasteiger partial charge on any atom is 0.330 e. The monoisotopic (exact) mass is 629 g/mol. The van der Waals surface area contributed by atoms with Gasteiger partial charge in [-0.3, -0.25) is 14.2 Å². The van der Waals surface area contributed by atoms with Crippen molar-refractivity contribution in [1.29, 1.82) is 0 Å². The minimum Gasteiger partial charge on any atom is -0.481 e. The van der Waals surface area contributed by atoms with E-state index in [2.05, 4.69) is 10.6 Å². The van der Waals surface area contributed by atoms with Gasteiger partial charge in [0, 0.05) is 61.4 Å². The van der Waals surface area contributed by atoms with Crippen LogP contribution in [-0.4, -0.2) is 57.6 Å². The van der Waals surface area contributed by atoms with Gasteiger partial charge in [-0.1, -0.05) is 24.3 Å². The Morgan fingerprint density at radius 1 is 1.11 bits per heavy atom. The van der Waals surface area contributed by atoms with Crippen LogP contribution in [0, 0.1) is 12.7 Å². The second-order valence-corrected chi connectivity index (χ2v) is 11.8. The minimum atomic E-state index is -0.714. The van der Waals surface area contributed by atoms with Gasteiger partial charge in [0.05, 0.1) is 25.5 Å². The number of aryl methyl sites for hydroxylation is 2. The summed E-state index contributed by atoms with van der Waals surface area (Å²) >= 11 is 0. The number of nitrogens with zero attached hydrogens (tertiary/aromatic N) is 3. The van der Waals surface area contributed by atoms with Crippen LogP contribution in [0.25, 0.3) is 22.4 Å². The summed E-state index contributed by atoms with van der Waals surface area (Å²) in [6, 6.07) is 12.0. The Hall–Kier alpha value is -4.65. The fraction of sp³-hybridized carbons (Fsp3) is 0.353. The van der Waals surface area contributed by atoms with Crippen LogP contribution in [0.4, 0.5) is 10.1 Å². The number of aliphatic hydroxyl groups is 1. The summed E-state index contributed by atoms with van der Waals surface area (Å²) in [5, 5.41) is 16.7. The Labute approximate surface area is 264 Å². The molecular weight excluding hydrogens is 593 g/mol. The Bertz CT molecular complexity index is 1950. The van der Waals surface area contributed by atoms with E-state index < -0.39 is 29.1 Å². The summed E-state index contributed by atoms with van der Waals surface area (Å²) < 4.78 is 29.5. The molecule has 6 rings (SSSR count). The van der Waals surface area contributed by atoms with Gasteiger partial charge in [-0.05, 0) is 61.1 Å². The normalized spacial score (nSPS) is 19.1. The lowest BCUT2D eigenvalue weighted by atomic mass is 9.95. The highest BCUT2D eigenvalue weighted by atomic mass is 19.1. The van der Waals surface area contributed by atoms with Crippen molar-refractivity contribution in [3.8, 4) is 28.3 Å². The van der Waals surface area contributed by atoms with Crippen LogP contribution >= 0.6 is 0 Å². The van der Waals surface area contributed by atoms with E-state index in [1.165, 1.54) is 20.3 Å². The van der Waals surface area contributed by atoms with E-state index in [-0.39, 0.29) is 17.6 Å². The molecule has 3 atom stereocenters. The number of halogens is 1. The fourth-order valence-corrected chi connectivity index (χ4v) is 6.40. The van der Waals surface area contributed by atoms with Crippen molar-refractivity contribution in [3.05, 3.63) is 97.6 Å². The zero-order valence-corrected chi connectivity index (χ0v) is 26.1. The zero-order valence-electron chi connectivity index (χ0n) is 26.1. The largest absolute Gasteiger partial charge is 0.481 e. The molecule has 46 heavy (non-hydrogen) atoms. The summed E-state index contributed by atoms with van der Waals surface area (Å²) in [5.74, 6) is -0.743. The first kappa shape index (κ1) is 31.3. The van der Waals surface area contributed by atoms with Crippen LogP contribution in [0.15, 0.2) is 58.3 Å². The molecule has 3 N–H and O–H groups in total. The average molecular weight is 630 g/mol. The van der Waals surface area contributed by atoms with E-state index in [4.69, 9.17) is 14.5 Å². The molecule has 11 nitrogen and oxygen atoms in total. The lowest BCUT2D eigenvalue weighted by molar-refractivity contribution is -0.0304. The first-order valence-electron chi connectivity index (χ1n) is 15.2. The van der Waals surface area contributed by atoms with Crippen LogP contribution in [0.5, 0.6) is 5.88 Å². The van der Waals surface area contributed by atoms with E-state index in [1.54, 1.807) is 50.4 Å². The van der Waals surface area contributed by atoms with Crippen LogP contribution in [0.1, 0.15) is 45.9 Å². The minimum absolute atomic E-state index is 0.0537. The van der Waals surface area contributed by atoms with Crippen molar-refractivity contribution >= 4 is 11.6 Å². The molecule has 1 amide bonds. The van der Waals surface area contributed by atoms with Gasteiger partial charge in [0.25, 0.3) is 11.5 Å². The molecule has 0 spiro atoms. The molecule has 2 aliphatic rings. The molecule has 1 aliphatic heterocycles. The first-order chi connectivity index (χ1) is 22.1. The molecule has 1 fully saturated rings. The SMILES string of the molecule is COc1nc(-c2cccc(-c3cccc(NC(=O)c4cn(C)c(=O)n(C)c4=O)c3C)c2F)cc2c1[C@H](N[C@@H]1CCOC[C@@H]1O)CC2. The first-order valence-corrected chi connectivity index (χ1v) is 15.2. The number of benzene rings is 2. The average Bonchev–Trinajstić information content (AvgIpc) is 3.46. The number of nitrogens with one attached hydrogen (secondary N) is 2. The standard InChI is InChI=1S/C34H36FN5O6/c1-18-20(7-6-10-24(18)37-31(42)23-16-39(2)34(44)40(3)33(23)43)21-8-5-9-22(30(21)35)27-15-19-11-12-26(29(19)32(38-27)45-4)36-25-13-14-46-17-28(25)41/h5-10,15-16,25-26,28,36,41H,11-14,17H2,1-4H3,(H,37,42)/t25-,26-,28+/m1/s1. The number of aliphatic hydroxyl groups excluding tert-OH is 1. The molecule has 12 heteroatoms. The van der Waals surface area contributed by atoms with Gasteiger partial charge in [0.1, 0.15) is 11.4 Å². The van der Waals surface area contributed by atoms with E-state index in [0.29, 0.717) is 59.1 Å². The second kappa shape index (κ2) is 12.6. The highest BCUT2D eigenvalue weighted by Gasteiger charge is 2.33. The summed E-state index contributed by atoms with van der Waals surface area (Å²) in [5.41, 5.74) is 3.09. The van der Waals surface area contributed by atoms with Gasteiger partial charge < -0.3 is 29.8 Å². The number of anilines is 1. The highest BCUT2D eigenvalue weighted by Crippen LogP contribution is 2.41. The Kier molecular flexibility index (Phi) is 8.60. The maximum absolute atomic E-state index is 16.4. The molecule has 1 saturated heterocycles. The number of fused-ring (bicyclic) bond motifs is 1. The predicted molar refractivity (Wildman–Crippen MR) is 171 cm³/mol.